The number of fused-ring (bicyclic) bond motifs is 1. The van der Waals surface area contributed by atoms with Gasteiger partial charge in [0, 0.05) is 11.6 Å². The molecule has 148 valence electrons. The van der Waals surface area contributed by atoms with Gasteiger partial charge in [0.15, 0.2) is 12.4 Å². The molecule has 28 heavy (non-hydrogen) atoms. The Morgan fingerprint density at radius 3 is 2.25 bits per heavy atom. The standard InChI is InChI=1S/C23H25ClO4/c1-22(2)9-10-23(3,4)18-11-14(5-8-17(18)22)20(26)13-28-15-6-7-16(21(24)27)19(25)12-15/h5-8,11-12,25H,9-10,13H2,1-4H3. The molecule has 0 saturated heterocycles. The molecule has 2 aromatic rings. The van der Waals surface area contributed by atoms with Crippen LogP contribution in [0.2, 0.25) is 0 Å². The fourth-order valence-electron chi connectivity index (χ4n) is 3.76. The minimum absolute atomic E-state index is 0.000114. The summed E-state index contributed by atoms with van der Waals surface area (Å²) in [6.07, 6.45) is 2.19. The monoisotopic (exact) mass is 400 g/mol. The summed E-state index contributed by atoms with van der Waals surface area (Å²) in [6.45, 7) is 8.76. The lowest BCUT2D eigenvalue weighted by Crippen LogP contribution is -2.34. The maximum Gasteiger partial charge on any atom is 0.256 e. The molecule has 0 heterocycles. The van der Waals surface area contributed by atoms with E-state index in [1.54, 1.807) is 0 Å². The number of phenols is 1. The molecule has 1 aliphatic carbocycles. The fraction of sp³-hybridized carbons (Fsp3) is 0.391. The van der Waals surface area contributed by atoms with E-state index in [-0.39, 0.29) is 34.5 Å². The number of hydrogen-bond acceptors (Lipinski definition) is 4. The van der Waals surface area contributed by atoms with Crippen LogP contribution in [0.3, 0.4) is 0 Å². The van der Waals surface area contributed by atoms with Crippen LogP contribution >= 0.6 is 11.6 Å². The number of Topliss-reactive ketones (excluding diaryl/α,β-unsaturated/α-hetero) is 1. The zero-order valence-corrected chi connectivity index (χ0v) is 17.4. The zero-order chi connectivity index (χ0) is 20.7. The van der Waals surface area contributed by atoms with Crippen LogP contribution in [0.15, 0.2) is 36.4 Å². The first kappa shape index (κ1) is 20.4. The van der Waals surface area contributed by atoms with Gasteiger partial charge in [-0.05, 0) is 64.6 Å². The number of phenolic OH excluding ortho intramolecular Hbond substituents is 1. The average Bonchev–Trinajstić information content (AvgIpc) is 2.63. The third kappa shape index (κ3) is 3.93. The third-order valence-electron chi connectivity index (χ3n) is 5.73. The molecule has 0 amide bonds. The van der Waals surface area contributed by atoms with E-state index in [4.69, 9.17) is 16.3 Å². The van der Waals surface area contributed by atoms with Gasteiger partial charge in [-0.3, -0.25) is 9.59 Å². The van der Waals surface area contributed by atoms with E-state index in [0.29, 0.717) is 11.3 Å². The van der Waals surface area contributed by atoms with Crippen LogP contribution in [0.1, 0.15) is 72.4 Å². The molecule has 1 aliphatic rings. The van der Waals surface area contributed by atoms with E-state index in [1.165, 1.54) is 29.3 Å². The van der Waals surface area contributed by atoms with Crippen molar-refractivity contribution < 1.29 is 19.4 Å². The summed E-state index contributed by atoms with van der Waals surface area (Å²) in [6, 6.07) is 10.1. The second-order valence-electron chi connectivity index (χ2n) is 8.69. The smallest absolute Gasteiger partial charge is 0.256 e. The van der Waals surface area contributed by atoms with E-state index < -0.39 is 5.24 Å². The van der Waals surface area contributed by atoms with Gasteiger partial charge in [0.25, 0.3) is 5.24 Å². The molecule has 0 bridgehead atoms. The maximum absolute atomic E-state index is 12.7. The van der Waals surface area contributed by atoms with Gasteiger partial charge in [-0.15, -0.1) is 0 Å². The van der Waals surface area contributed by atoms with Crippen LogP contribution in [0.5, 0.6) is 11.5 Å². The van der Waals surface area contributed by atoms with Crippen LogP contribution in [-0.4, -0.2) is 22.7 Å². The summed E-state index contributed by atoms with van der Waals surface area (Å²) in [5, 5.41) is 9.06. The van der Waals surface area contributed by atoms with Crippen molar-refractivity contribution in [1.29, 1.82) is 0 Å². The average molecular weight is 401 g/mol. The minimum atomic E-state index is -0.750. The Morgan fingerprint density at radius 1 is 1.00 bits per heavy atom. The summed E-state index contributed by atoms with van der Waals surface area (Å²) in [5.41, 5.74) is 3.26. The van der Waals surface area contributed by atoms with Gasteiger partial charge in [-0.2, -0.15) is 0 Å². The van der Waals surface area contributed by atoms with Crippen molar-refractivity contribution in [3.8, 4) is 11.5 Å². The molecule has 0 fully saturated rings. The van der Waals surface area contributed by atoms with Crippen molar-refractivity contribution in [2.24, 2.45) is 0 Å². The van der Waals surface area contributed by atoms with E-state index in [9.17, 15) is 14.7 Å². The van der Waals surface area contributed by atoms with Crippen LogP contribution in [0, 0.1) is 0 Å². The molecule has 4 nitrogen and oxygen atoms in total. The molecule has 1 N–H and O–H groups in total. The lowest BCUT2D eigenvalue weighted by atomic mass is 9.63. The molecule has 0 unspecified atom stereocenters. The quantitative estimate of drug-likeness (QED) is 0.540. The highest BCUT2D eigenvalue weighted by atomic mass is 35.5. The number of aromatic hydroxyl groups is 1. The molecule has 0 atom stereocenters. The predicted octanol–water partition coefficient (Wildman–Crippen LogP) is 5.38. The summed E-state index contributed by atoms with van der Waals surface area (Å²) in [7, 11) is 0. The molecule has 0 spiro atoms. The lowest BCUT2D eigenvalue weighted by Gasteiger charge is -2.42. The highest BCUT2D eigenvalue weighted by Crippen LogP contribution is 2.45. The second kappa shape index (κ2) is 7.25. The maximum atomic E-state index is 12.7. The van der Waals surface area contributed by atoms with Crippen molar-refractivity contribution in [3.63, 3.8) is 0 Å². The van der Waals surface area contributed by atoms with Crippen molar-refractivity contribution in [2.75, 3.05) is 6.61 Å². The fourth-order valence-corrected chi connectivity index (χ4v) is 3.92. The van der Waals surface area contributed by atoms with Crippen LogP contribution in [-0.2, 0) is 10.8 Å². The van der Waals surface area contributed by atoms with Crippen molar-refractivity contribution >= 4 is 22.6 Å². The number of rotatable bonds is 5. The summed E-state index contributed by atoms with van der Waals surface area (Å²) in [5.74, 6) is -0.117. The summed E-state index contributed by atoms with van der Waals surface area (Å²) in [4.78, 5) is 23.8. The van der Waals surface area contributed by atoms with E-state index in [1.807, 2.05) is 12.1 Å². The van der Waals surface area contributed by atoms with Crippen LogP contribution in [0.25, 0.3) is 0 Å². The van der Waals surface area contributed by atoms with Crippen molar-refractivity contribution in [3.05, 3.63) is 58.7 Å². The SMILES string of the molecule is CC1(C)CCC(C)(C)c2cc(C(=O)COc3ccc(C(=O)Cl)c(O)c3)ccc21. The van der Waals surface area contributed by atoms with Gasteiger partial charge in [-0.1, -0.05) is 39.8 Å². The Labute approximate surface area is 170 Å². The Balaban J connectivity index is 1.79. The van der Waals surface area contributed by atoms with Gasteiger partial charge in [0.1, 0.15) is 11.5 Å². The van der Waals surface area contributed by atoms with Crippen molar-refractivity contribution in [2.45, 2.75) is 51.4 Å². The second-order valence-corrected chi connectivity index (χ2v) is 9.04. The number of ether oxygens (including phenoxy) is 1. The number of halogens is 1. The molecule has 2 aromatic carbocycles. The van der Waals surface area contributed by atoms with Gasteiger partial charge in [-0.25, -0.2) is 0 Å². The number of ketones is 1. The molecule has 0 aromatic heterocycles. The molecule has 5 heteroatoms. The number of carbonyl (C=O) groups is 2. The third-order valence-corrected chi connectivity index (χ3v) is 5.93. The van der Waals surface area contributed by atoms with Gasteiger partial charge in [0.2, 0.25) is 0 Å². The predicted molar refractivity (Wildman–Crippen MR) is 110 cm³/mol. The minimum Gasteiger partial charge on any atom is -0.507 e. The van der Waals surface area contributed by atoms with Crippen molar-refractivity contribution in [1.82, 2.24) is 0 Å². The Hall–Kier alpha value is -2.33. The molecular weight excluding hydrogens is 376 g/mol. The van der Waals surface area contributed by atoms with Gasteiger partial charge in [0.05, 0.1) is 5.56 Å². The first-order valence-electron chi connectivity index (χ1n) is 9.35. The number of hydrogen-bond donors (Lipinski definition) is 1. The van der Waals surface area contributed by atoms with E-state index in [2.05, 4.69) is 33.8 Å². The molecule has 0 saturated carbocycles. The summed E-state index contributed by atoms with van der Waals surface area (Å²) >= 11 is 5.38. The van der Waals surface area contributed by atoms with Crippen LogP contribution in [0.4, 0.5) is 0 Å². The zero-order valence-electron chi connectivity index (χ0n) is 16.6. The van der Waals surface area contributed by atoms with E-state index in [0.717, 1.165) is 12.8 Å². The number of benzene rings is 2. The molecule has 3 rings (SSSR count). The Bertz CT molecular complexity index is 944. The molecule has 0 aliphatic heterocycles. The highest BCUT2D eigenvalue weighted by Gasteiger charge is 2.37. The Kier molecular flexibility index (Phi) is 5.28. The van der Waals surface area contributed by atoms with Gasteiger partial charge >= 0.3 is 0 Å². The summed E-state index contributed by atoms with van der Waals surface area (Å²) < 4.78 is 5.51. The number of carbonyl (C=O) groups excluding carboxylic acids is 2. The molecule has 0 radical (unpaired) electrons. The largest absolute Gasteiger partial charge is 0.507 e. The lowest BCUT2D eigenvalue weighted by molar-refractivity contribution is 0.0920. The van der Waals surface area contributed by atoms with Gasteiger partial charge < -0.3 is 9.84 Å². The molecular formula is C23H25ClO4. The normalized spacial score (nSPS) is 16.9. The van der Waals surface area contributed by atoms with E-state index >= 15 is 0 Å². The first-order valence-corrected chi connectivity index (χ1v) is 9.73. The topological polar surface area (TPSA) is 63.6 Å². The van der Waals surface area contributed by atoms with Crippen LogP contribution < -0.4 is 4.74 Å². The highest BCUT2D eigenvalue weighted by molar-refractivity contribution is 6.68. The Morgan fingerprint density at radius 2 is 1.64 bits per heavy atom. The first-order chi connectivity index (χ1) is 13.0.